The molecule has 2 rings (SSSR count). The van der Waals surface area contributed by atoms with E-state index < -0.39 is 4.92 Å². The van der Waals surface area contributed by atoms with Gasteiger partial charge in [-0.05, 0) is 18.9 Å². The molecule has 0 fully saturated rings. The standard InChI is InChI=1S/C12H16N2O3/c1-3-12(4-2)8-13-10-7-9(14(15)16)5-6-11(10)17-12/h5-7,13H,3-4,8H2,1-2H3. The molecule has 1 aromatic carbocycles. The average molecular weight is 236 g/mol. The normalized spacial score (nSPS) is 16.6. The molecule has 0 spiro atoms. The minimum Gasteiger partial charge on any atom is -0.483 e. The van der Waals surface area contributed by atoms with Gasteiger partial charge in [0.1, 0.15) is 11.4 Å². The van der Waals surface area contributed by atoms with E-state index in [0.717, 1.165) is 12.8 Å². The summed E-state index contributed by atoms with van der Waals surface area (Å²) in [5.74, 6) is 0.700. The van der Waals surface area contributed by atoms with Crippen LogP contribution in [0.1, 0.15) is 26.7 Å². The van der Waals surface area contributed by atoms with Crippen LogP contribution in [0.5, 0.6) is 5.75 Å². The van der Waals surface area contributed by atoms with Gasteiger partial charge in [-0.15, -0.1) is 0 Å². The van der Waals surface area contributed by atoms with Crippen molar-refractivity contribution >= 4 is 11.4 Å². The minimum atomic E-state index is -0.399. The SMILES string of the molecule is CCC1(CC)CNc2cc([N+](=O)[O-])ccc2O1. The number of anilines is 1. The Morgan fingerprint density at radius 1 is 1.47 bits per heavy atom. The van der Waals surface area contributed by atoms with E-state index >= 15 is 0 Å². The van der Waals surface area contributed by atoms with Crippen LogP contribution in [0.4, 0.5) is 11.4 Å². The number of nitro benzene ring substituents is 1. The molecule has 0 saturated carbocycles. The molecular weight excluding hydrogens is 220 g/mol. The Balaban J connectivity index is 2.31. The van der Waals surface area contributed by atoms with Crippen LogP contribution in [0.3, 0.4) is 0 Å². The Labute approximate surface area is 99.9 Å². The molecule has 1 aliphatic heterocycles. The zero-order valence-corrected chi connectivity index (χ0v) is 10.0. The third-order valence-electron chi connectivity index (χ3n) is 3.39. The van der Waals surface area contributed by atoms with Crippen LogP contribution < -0.4 is 10.1 Å². The molecule has 0 bridgehead atoms. The van der Waals surface area contributed by atoms with Crippen molar-refractivity contribution in [1.29, 1.82) is 0 Å². The second-order valence-electron chi connectivity index (χ2n) is 4.28. The predicted octanol–water partition coefficient (Wildman–Crippen LogP) is 2.96. The molecule has 5 heteroatoms. The third-order valence-corrected chi connectivity index (χ3v) is 3.39. The van der Waals surface area contributed by atoms with Gasteiger partial charge in [0.2, 0.25) is 0 Å². The predicted molar refractivity (Wildman–Crippen MR) is 65.5 cm³/mol. The molecule has 1 aromatic rings. The Bertz CT molecular complexity index is 441. The van der Waals surface area contributed by atoms with Crippen molar-refractivity contribution in [3.63, 3.8) is 0 Å². The summed E-state index contributed by atoms with van der Waals surface area (Å²) in [7, 11) is 0. The van der Waals surface area contributed by atoms with Crippen LogP contribution in [-0.2, 0) is 0 Å². The molecule has 0 aliphatic carbocycles. The smallest absolute Gasteiger partial charge is 0.271 e. The number of benzene rings is 1. The number of nitro groups is 1. The van der Waals surface area contributed by atoms with Crippen LogP contribution in [0, 0.1) is 10.1 Å². The van der Waals surface area contributed by atoms with E-state index in [9.17, 15) is 10.1 Å². The van der Waals surface area contributed by atoms with Crippen molar-refractivity contribution in [3.8, 4) is 5.75 Å². The molecule has 0 radical (unpaired) electrons. The van der Waals surface area contributed by atoms with Gasteiger partial charge in [-0.1, -0.05) is 13.8 Å². The fourth-order valence-electron chi connectivity index (χ4n) is 2.03. The zero-order chi connectivity index (χ0) is 12.5. The molecule has 1 aliphatic rings. The number of non-ortho nitro benzene ring substituents is 1. The highest BCUT2D eigenvalue weighted by Gasteiger charge is 2.33. The lowest BCUT2D eigenvalue weighted by Gasteiger charge is -2.38. The van der Waals surface area contributed by atoms with Crippen LogP contribution in [0.2, 0.25) is 0 Å². The molecule has 0 unspecified atom stereocenters. The van der Waals surface area contributed by atoms with Crippen LogP contribution in [-0.4, -0.2) is 17.1 Å². The van der Waals surface area contributed by atoms with Gasteiger partial charge in [0.05, 0.1) is 17.2 Å². The zero-order valence-electron chi connectivity index (χ0n) is 10.0. The summed E-state index contributed by atoms with van der Waals surface area (Å²) in [6.07, 6.45) is 1.82. The summed E-state index contributed by atoms with van der Waals surface area (Å²) in [5.41, 5.74) is 0.598. The first-order chi connectivity index (χ1) is 8.10. The summed E-state index contributed by atoms with van der Waals surface area (Å²) in [6.45, 7) is 4.86. The van der Waals surface area contributed by atoms with E-state index in [1.165, 1.54) is 12.1 Å². The van der Waals surface area contributed by atoms with Crippen molar-refractivity contribution in [1.82, 2.24) is 0 Å². The fourth-order valence-corrected chi connectivity index (χ4v) is 2.03. The van der Waals surface area contributed by atoms with Gasteiger partial charge in [0.25, 0.3) is 5.69 Å². The third kappa shape index (κ3) is 2.05. The highest BCUT2D eigenvalue weighted by molar-refractivity contribution is 5.63. The molecule has 5 nitrogen and oxygen atoms in total. The quantitative estimate of drug-likeness (QED) is 0.647. The van der Waals surface area contributed by atoms with E-state index in [1.54, 1.807) is 6.07 Å². The van der Waals surface area contributed by atoms with Crippen molar-refractivity contribution in [2.45, 2.75) is 32.3 Å². The highest BCUT2D eigenvalue weighted by Crippen LogP contribution is 2.37. The van der Waals surface area contributed by atoms with Crippen LogP contribution >= 0.6 is 0 Å². The fraction of sp³-hybridized carbons (Fsp3) is 0.500. The van der Waals surface area contributed by atoms with Crippen LogP contribution in [0.15, 0.2) is 18.2 Å². The van der Waals surface area contributed by atoms with Crippen molar-refractivity contribution in [2.24, 2.45) is 0 Å². The molecule has 0 atom stereocenters. The Morgan fingerprint density at radius 3 is 2.76 bits per heavy atom. The summed E-state index contributed by atoms with van der Waals surface area (Å²) in [4.78, 5) is 10.3. The first-order valence-corrected chi connectivity index (χ1v) is 5.81. The summed E-state index contributed by atoms with van der Waals surface area (Å²) < 4.78 is 5.97. The van der Waals surface area contributed by atoms with Gasteiger partial charge < -0.3 is 10.1 Å². The van der Waals surface area contributed by atoms with E-state index in [-0.39, 0.29) is 11.3 Å². The average Bonchev–Trinajstić information content (AvgIpc) is 2.37. The largest absolute Gasteiger partial charge is 0.483 e. The van der Waals surface area contributed by atoms with Gasteiger partial charge in [-0.25, -0.2) is 0 Å². The van der Waals surface area contributed by atoms with Crippen molar-refractivity contribution in [3.05, 3.63) is 28.3 Å². The summed E-state index contributed by atoms with van der Waals surface area (Å²) in [6, 6.07) is 4.66. The summed E-state index contributed by atoms with van der Waals surface area (Å²) >= 11 is 0. The number of hydrogen-bond donors (Lipinski definition) is 1. The Kier molecular flexibility index (Phi) is 2.92. The molecule has 1 heterocycles. The molecule has 1 N–H and O–H groups in total. The number of hydrogen-bond acceptors (Lipinski definition) is 4. The number of ether oxygens (including phenoxy) is 1. The lowest BCUT2D eigenvalue weighted by atomic mass is 9.95. The number of nitrogens with zero attached hydrogens (tertiary/aromatic N) is 1. The van der Waals surface area contributed by atoms with Gasteiger partial charge >= 0.3 is 0 Å². The van der Waals surface area contributed by atoms with Gasteiger partial charge in [0.15, 0.2) is 0 Å². The molecule has 0 amide bonds. The lowest BCUT2D eigenvalue weighted by Crippen LogP contribution is -2.44. The number of nitrogens with one attached hydrogen (secondary N) is 1. The molecule has 0 saturated heterocycles. The van der Waals surface area contributed by atoms with E-state index in [1.807, 2.05) is 0 Å². The molecule has 17 heavy (non-hydrogen) atoms. The van der Waals surface area contributed by atoms with E-state index in [2.05, 4.69) is 19.2 Å². The minimum absolute atomic E-state index is 0.0837. The van der Waals surface area contributed by atoms with E-state index in [4.69, 9.17) is 4.74 Å². The topological polar surface area (TPSA) is 64.4 Å². The monoisotopic (exact) mass is 236 g/mol. The van der Waals surface area contributed by atoms with Gasteiger partial charge in [0, 0.05) is 12.1 Å². The molecular formula is C12H16N2O3. The maximum Gasteiger partial charge on any atom is 0.271 e. The molecule has 92 valence electrons. The summed E-state index contributed by atoms with van der Waals surface area (Å²) in [5, 5.41) is 13.9. The Hall–Kier alpha value is -1.78. The highest BCUT2D eigenvalue weighted by atomic mass is 16.6. The maximum atomic E-state index is 10.7. The first kappa shape index (κ1) is 11.7. The number of rotatable bonds is 3. The van der Waals surface area contributed by atoms with Crippen LogP contribution in [0.25, 0.3) is 0 Å². The maximum absolute atomic E-state index is 10.7. The van der Waals surface area contributed by atoms with Crippen molar-refractivity contribution in [2.75, 3.05) is 11.9 Å². The second-order valence-corrected chi connectivity index (χ2v) is 4.28. The van der Waals surface area contributed by atoms with E-state index in [0.29, 0.717) is 18.0 Å². The number of fused-ring (bicyclic) bond motifs is 1. The van der Waals surface area contributed by atoms with Crippen molar-refractivity contribution < 1.29 is 9.66 Å². The second kappa shape index (κ2) is 4.24. The molecule has 0 aromatic heterocycles. The lowest BCUT2D eigenvalue weighted by molar-refractivity contribution is -0.384. The van der Waals surface area contributed by atoms with Gasteiger partial charge in [-0.3, -0.25) is 10.1 Å². The van der Waals surface area contributed by atoms with Gasteiger partial charge in [-0.2, -0.15) is 0 Å². The first-order valence-electron chi connectivity index (χ1n) is 5.81. The Morgan fingerprint density at radius 2 is 2.18 bits per heavy atom.